The summed E-state index contributed by atoms with van der Waals surface area (Å²) in [7, 11) is 0. The minimum Gasteiger partial charge on any atom is -0.468 e. The first-order valence-electron chi connectivity index (χ1n) is 5.56. The van der Waals surface area contributed by atoms with Crippen molar-refractivity contribution in [2.75, 3.05) is 0 Å². The van der Waals surface area contributed by atoms with Crippen LogP contribution in [0.4, 0.5) is 5.69 Å². The molecule has 0 aliphatic heterocycles. The number of furan rings is 1. The van der Waals surface area contributed by atoms with Crippen molar-refractivity contribution >= 4 is 23.4 Å². The average Bonchev–Trinajstić information content (AvgIpc) is 2.93. The van der Waals surface area contributed by atoms with Crippen molar-refractivity contribution in [2.45, 2.75) is 10.6 Å². The Hall–Kier alpha value is -2.32. The number of rotatable bonds is 5. The Morgan fingerprint density at radius 1 is 1.35 bits per heavy atom. The minimum atomic E-state index is -0.454. The fraction of sp³-hybridized carbons (Fsp3) is 0.0833. The molecule has 1 amide bonds. The van der Waals surface area contributed by atoms with Crippen LogP contribution in [0.2, 0.25) is 0 Å². The third-order valence-electron chi connectivity index (χ3n) is 2.54. The lowest BCUT2D eigenvalue weighted by Crippen LogP contribution is -2.30. The highest BCUT2D eigenvalue weighted by Gasteiger charge is 2.14. The summed E-state index contributed by atoms with van der Waals surface area (Å²) in [6, 6.07) is 7.69. The van der Waals surface area contributed by atoms with E-state index in [-0.39, 0.29) is 5.69 Å². The van der Waals surface area contributed by atoms with E-state index in [1.165, 1.54) is 36.2 Å². The third-order valence-corrected chi connectivity index (χ3v) is 3.55. The molecule has 0 bridgehead atoms. The lowest BCUT2D eigenvalue weighted by molar-refractivity contribution is -0.384. The van der Waals surface area contributed by atoms with Gasteiger partial charge in [0, 0.05) is 17.0 Å². The summed E-state index contributed by atoms with van der Waals surface area (Å²) in [5.41, 5.74) is 2.46. The summed E-state index contributed by atoms with van der Waals surface area (Å²) in [4.78, 5) is 22.4. The molecule has 0 saturated carbocycles. The zero-order valence-corrected chi connectivity index (χ0v) is 11.1. The number of carbonyl (C=O) groups is 1. The van der Waals surface area contributed by atoms with Crippen LogP contribution in [0.3, 0.4) is 0 Å². The summed E-state index contributed by atoms with van der Waals surface area (Å²) in [6.07, 6.45) is 1.41. The van der Waals surface area contributed by atoms with E-state index in [4.69, 9.17) is 10.3 Å². The van der Waals surface area contributed by atoms with Crippen molar-refractivity contribution in [3.63, 3.8) is 0 Å². The molecule has 1 aromatic carbocycles. The second kappa shape index (κ2) is 6.22. The molecule has 0 unspecified atom stereocenters. The number of carbonyl (C=O) groups excluding carboxylic acids is 1. The Bertz CT molecular complexity index is 624. The van der Waals surface area contributed by atoms with Gasteiger partial charge in [0.15, 0.2) is 0 Å². The van der Waals surface area contributed by atoms with Crippen molar-refractivity contribution in [3.05, 3.63) is 58.0 Å². The third kappa shape index (κ3) is 3.16. The number of amides is 1. The molecule has 0 atom stereocenters. The minimum absolute atomic E-state index is 0.0375. The number of thioether (sulfide) groups is 1. The molecule has 1 heterocycles. The Morgan fingerprint density at radius 2 is 2.05 bits per heavy atom. The number of hydrogen-bond acceptors (Lipinski definition) is 6. The fourth-order valence-corrected chi connectivity index (χ4v) is 2.40. The summed E-state index contributed by atoms with van der Waals surface area (Å²) in [6.45, 7) is 0. The Kier molecular flexibility index (Phi) is 4.38. The molecule has 2 aromatic rings. The molecular formula is C12H11N3O4S. The van der Waals surface area contributed by atoms with Gasteiger partial charge in [-0.25, -0.2) is 5.84 Å². The number of nitro benzene ring substituents is 1. The van der Waals surface area contributed by atoms with Gasteiger partial charge in [-0.2, -0.15) is 0 Å². The van der Waals surface area contributed by atoms with Gasteiger partial charge in [-0.3, -0.25) is 20.3 Å². The van der Waals surface area contributed by atoms with Crippen LogP contribution in [-0.2, 0) is 5.75 Å². The van der Waals surface area contributed by atoms with Crippen LogP contribution in [0.25, 0.3) is 0 Å². The summed E-state index contributed by atoms with van der Waals surface area (Å²) in [5, 5.41) is 10.5. The first-order chi connectivity index (χ1) is 9.61. The number of hydrazine groups is 1. The summed E-state index contributed by atoms with van der Waals surface area (Å²) in [5.74, 6) is 5.57. The van der Waals surface area contributed by atoms with E-state index >= 15 is 0 Å². The average molecular weight is 293 g/mol. The topological polar surface area (TPSA) is 111 Å². The Balaban J connectivity index is 2.04. The maximum Gasteiger partial charge on any atom is 0.269 e. The Morgan fingerprint density at radius 3 is 2.65 bits per heavy atom. The molecule has 1 aromatic heterocycles. The van der Waals surface area contributed by atoms with E-state index in [1.54, 1.807) is 12.1 Å². The van der Waals surface area contributed by atoms with Crippen molar-refractivity contribution in [2.24, 2.45) is 5.84 Å². The smallest absolute Gasteiger partial charge is 0.269 e. The molecule has 0 spiro atoms. The summed E-state index contributed by atoms with van der Waals surface area (Å²) >= 11 is 1.40. The molecule has 0 aliphatic carbocycles. The second-order valence-electron chi connectivity index (χ2n) is 3.77. The van der Waals surface area contributed by atoms with Crippen molar-refractivity contribution in [1.82, 2.24) is 5.43 Å². The van der Waals surface area contributed by atoms with Gasteiger partial charge >= 0.3 is 0 Å². The number of hydrogen-bond donors (Lipinski definition) is 2. The normalized spacial score (nSPS) is 10.2. The van der Waals surface area contributed by atoms with Gasteiger partial charge in [-0.15, -0.1) is 11.8 Å². The molecule has 104 valence electrons. The number of nitrogens with one attached hydrogen (secondary N) is 1. The predicted octanol–water partition coefficient (Wildman–Crippen LogP) is 2.08. The van der Waals surface area contributed by atoms with E-state index in [1.807, 2.05) is 5.43 Å². The van der Waals surface area contributed by atoms with Crippen molar-refractivity contribution in [3.8, 4) is 0 Å². The van der Waals surface area contributed by atoms with Crippen LogP contribution < -0.4 is 11.3 Å². The molecule has 3 N–H and O–H groups in total. The highest BCUT2D eigenvalue weighted by atomic mass is 32.2. The van der Waals surface area contributed by atoms with Crippen LogP contribution in [-0.4, -0.2) is 10.8 Å². The molecule has 7 nitrogen and oxygen atoms in total. The number of nitrogens with zero attached hydrogens (tertiary/aromatic N) is 1. The predicted molar refractivity (Wildman–Crippen MR) is 73.0 cm³/mol. The number of nitro groups is 1. The van der Waals surface area contributed by atoms with Gasteiger partial charge in [0.2, 0.25) is 0 Å². The number of nitrogens with two attached hydrogens (primary N) is 1. The van der Waals surface area contributed by atoms with Gasteiger partial charge in [-0.05, 0) is 18.2 Å². The molecule has 0 radical (unpaired) electrons. The first-order valence-corrected chi connectivity index (χ1v) is 6.55. The molecular weight excluding hydrogens is 282 g/mol. The van der Waals surface area contributed by atoms with E-state index in [0.717, 1.165) is 4.90 Å². The zero-order valence-electron chi connectivity index (χ0n) is 10.2. The van der Waals surface area contributed by atoms with Crippen LogP contribution >= 0.6 is 11.8 Å². The van der Waals surface area contributed by atoms with Crippen molar-refractivity contribution in [1.29, 1.82) is 0 Å². The number of nitrogen functional groups attached to an aromatic ring is 1. The maximum absolute atomic E-state index is 11.4. The molecule has 8 heteroatoms. The molecule has 2 rings (SSSR count). The van der Waals surface area contributed by atoms with Gasteiger partial charge in [0.05, 0.1) is 22.5 Å². The molecule has 20 heavy (non-hydrogen) atoms. The van der Waals surface area contributed by atoms with E-state index in [2.05, 4.69) is 0 Å². The molecule has 0 saturated heterocycles. The van der Waals surface area contributed by atoms with Crippen LogP contribution in [0.15, 0.2) is 45.9 Å². The van der Waals surface area contributed by atoms with E-state index in [9.17, 15) is 14.9 Å². The largest absolute Gasteiger partial charge is 0.468 e. The van der Waals surface area contributed by atoms with Gasteiger partial charge in [0.1, 0.15) is 5.76 Å². The summed E-state index contributed by atoms with van der Waals surface area (Å²) < 4.78 is 5.23. The Labute approximate surface area is 118 Å². The quantitative estimate of drug-likeness (QED) is 0.287. The molecule has 0 aliphatic rings. The lowest BCUT2D eigenvalue weighted by atomic mass is 10.2. The highest BCUT2D eigenvalue weighted by molar-refractivity contribution is 7.98. The highest BCUT2D eigenvalue weighted by Crippen LogP contribution is 2.26. The maximum atomic E-state index is 11.4. The van der Waals surface area contributed by atoms with Crippen LogP contribution in [0, 0.1) is 10.1 Å². The first kappa shape index (κ1) is 14.1. The standard InChI is InChI=1S/C12H11N3O4S/c13-14-12(16)10-5-6-19-11(10)7-20-9-3-1-8(2-4-9)15(17)18/h1-6H,7,13H2,(H,14,16). The van der Waals surface area contributed by atoms with Gasteiger partial charge in [0.25, 0.3) is 11.6 Å². The van der Waals surface area contributed by atoms with Crippen LogP contribution in [0.1, 0.15) is 16.1 Å². The van der Waals surface area contributed by atoms with Crippen molar-refractivity contribution < 1.29 is 14.1 Å². The lowest BCUT2D eigenvalue weighted by Gasteiger charge is -2.02. The van der Waals surface area contributed by atoms with E-state index < -0.39 is 10.8 Å². The number of non-ortho nitro benzene ring substituents is 1. The van der Waals surface area contributed by atoms with Gasteiger partial charge in [-0.1, -0.05) is 0 Å². The van der Waals surface area contributed by atoms with Crippen LogP contribution in [0.5, 0.6) is 0 Å². The second-order valence-corrected chi connectivity index (χ2v) is 4.82. The molecule has 0 fully saturated rings. The SMILES string of the molecule is NNC(=O)c1ccoc1CSc1ccc([N+](=O)[O-])cc1. The van der Waals surface area contributed by atoms with Gasteiger partial charge < -0.3 is 4.42 Å². The number of benzene rings is 1. The fourth-order valence-electron chi connectivity index (χ4n) is 1.55. The monoisotopic (exact) mass is 293 g/mol. The van der Waals surface area contributed by atoms with E-state index in [0.29, 0.717) is 17.1 Å². The zero-order chi connectivity index (χ0) is 14.5.